The minimum atomic E-state index is -0.374. The van der Waals surface area contributed by atoms with Crippen LogP contribution >= 0.6 is 11.6 Å². The van der Waals surface area contributed by atoms with Crippen LogP contribution in [0.4, 0.5) is 0 Å². The van der Waals surface area contributed by atoms with Gasteiger partial charge in [0.05, 0.1) is 29.7 Å². The van der Waals surface area contributed by atoms with E-state index in [4.69, 9.17) is 16.3 Å². The highest BCUT2D eigenvalue weighted by atomic mass is 35.5. The first-order valence-corrected chi connectivity index (χ1v) is 8.29. The van der Waals surface area contributed by atoms with Crippen LogP contribution in [-0.4, -0.2) is 29.1 Å². The molecular formula is C19H22ClN3O2. The minimum Gasteiger partial charge on any atom is -0.462 e. The molecule has 0 radical (unpaired) electrons. The predicted octanol–water partition coefficient (Wildman–Crippen LogP) is 4.87. The number of hydrogen-bond donors (Lipinski definition) is 0. The molecule has 0 bridgehead atoms. The summed E-state index contributed by atoms with van der Waals surface area (Å²) in [5.41, 5.74) is 2.53. The van der Waals surface area contributed by atoms with Crippen LogP contribution in [0.5, 0.6) is 0 Å². The van der Waals surface area contributed by atoms with Gasteiger partial charge in [0.25, 0.3) is 0 Å². The zero-order valence-electron chi connectivity index (χ0n) is 14.7. The molecule has 0 aliphatic carbocycles. The summed E-state index contributed by atoms with van der Waals surface area (Å²) in [6.45, 7) is 13.4. The van der Waals surface area contributed by atoms with Crippen molar-refractivity contribution < 1.29 is 9.53 Å². The van der Waals surface area contributed by atoms with Crippen LogP contribution < -0.4 is 0 Å². The second-order valence-electron chi connectivity index (χ2n) is 4.55. The third-order valence-electron chi connectivity index (χ3n) is 3.02. The minimum absolute atomic E-state index is 0.239. The van der Waals surface area contributed by atoms with E-state index in [0.29, 0.717) is 23.4 Å². The topological polar surface area (TPSA) is 56.5 Å². The summed E-state index contributed by atoms with van der Waals surface area (Å²) in [7, 11) is 0. The molecule has 0 atom stereocenters. The summed E-state index contributed by atoms with van der Waals surface area (Å²) in [6, 6.07) is 8.80. The highest BCUT2D eigenvalue weighted by Crippen LogP contribution is 2.21. The van der Waals surface area contributed by atoms with E-state index in [-0.39, 0.29) is 11.1 Å². The van der Waals surface area contributed by atoms with E-state index in [2.05, 4.69) is 23.4 Å². The molecule has 0 aliphatic heterocycles. The maximum atomic E-state index is 11.9. The Morgan fingerprint density at radius 2 is 2.12 bits per heavy atom. The van der Waals surface area contributed by atoms with E-state index in [1.807, 2.05) is 19.9 Å². The van der Waals surface area contributed by atoms with Crippen molar-refractivity contribution >= 4 is 29.9 Å². The van der Waals surface area contributed by atoms with Crippen molar-refractivity contribution in [3.8, 4) is 5.69 Å². The molecule has 0 N–H and O–H groups in total. The number of halogens is 1. The van der Waals surface area contributed by atoms with Crippen molar-refractivity contribution in [3.05, 3.63) is 65.6 Å². The number of benzene rings is 1. The molecule has 6 heteroatoms. The lowest BCUT2D eigenvalue weighted by molar-refractivity contribution is 0.0526. The number of nitrogens with zero attached hydrogens (tertiary/aromatic N) is 3. The molecule has 0 amide bonds. The van der Waals surface area contributed by atoms with Crippen LogP contribution in [0.25, 0.3) is 11.3 Å². The summed E-state index contributed by atoms with van der Waals surface area (Å²) in [6.07, 6.45) is 3.23. The third kappa shape index (κ3) is 5.43. The first kappa shape index (κ1) is 20.4. The van der Waals surface area contributed by atoms with Gasteiger partial charge in [-0.2, -0.15) is 5.10 Å². The summed E-state index contributed by atoms with van der Waals surface area (Å²) in [5, 5.41) is 4.51. The number of carbonyl (C=O) groups is 1. The fourth-order valence-electron chi connectivity index (χ4n) is 1.99. The van der Waals surface area contributed by atoms with E-state index in [1.54, 1.807) is 48.1 Å². The molecule has 2 rings (SSSR count). The van der Waals surface area contributed by atoms with Crippen LogP contribution in [0.3, 0.4) is 0 Å². The first-order valence-electron chi connectivity index (χ1n) is 7.91. The second kappa shape index (κ2) is 10.3. The molecule has 0 saturated heterocycles. The normalized spacial score (nSPS) is 10.5. The highest BCUT2D eigenvalue weighted by Gasteiger charge is 2.11. The molecule has 0 fully saturated rings. The quantitative estimate of drug-likeness (QED) is 0.320. The Balaban J connectivity index is 0.00000151. The Kier molecular flexibility index (Phi) is 8.36. The second-order valence-corrected chi connectivity index (χ2v) is 4.94. The van der Waals surface area contributed by atoms with Crippen LogP contribution in [0.15, 0.2) is 59.3 Å². The van der Waals surface area contributed by atoms with Crippen molar-refractivity contribution in [1.82, 2.24) is 9.78 Å². The molecule has 0 unspecified atom stereocenters. The number of allylic oxidation sites excluding steroid dienone is 2. The smallest absolute Gasteiger partial charge is 0.338 e. The zero-order valence-corrected chi connectivity index (χ0v) is 15.5. The molecule has 2 aromatic rings. The average molecular weight is 360 g/mol. The standard InChI is InChI=1S/C17H16ClN3O2.C2H6/c1-4-23-17(22)13-6-5-7-14(11-13)21-15(8-9-20-21)12(2)10-16(18)19-3;1-2/h5-11H,2-4H2,1H3;1-2H3/b16-10-;. The van der Waals surface area contributed by atoms with Crippen molar-refractivity contribution in [2.24, 2.45) is 4.99 Å². The number of hydrogen-bond acceptors (Lipinski definition) is 4. The largest absolute Gasteiger partial charge is 0.462 e. The monoisotopic (exact) mass is 359 g/mol. The van der Waals surface area contributed by atoms with Gasteiger partial charge in [0, 0.05) is 0 Å². The molecule has 1 aromatic carbocycles. The van der Waals surface area contributed by atoms with E-state index in [0.717, 1.165) is 5.69 Å². The van der Waals surface area contributed by atoms with Gasteiger partial charge in [-0.05, 0) is 49.6 Å². The Hall–Kier alpha value is -2.66. The molecule has 0 saturated carbocycles. The Morgan fingerprint density at radius 1 is 1.40 bits per heavy atom. The number of ether oxygens (including phenoxy) is 1. The number of esters is 1. The Bertz CT molecular complexity index is 778. The summed E-state index contributed by atoms with van der Waals surface area (Å²) >= 11 is 5.86. The molecule has 0 spiro atoms. The van der Waals surface area contributed by atoms with Crippen LogP contribution in [0.2, 0.25) is 0 Å². The number of carbonyl (C=O) groups excluding carboxylic acids is 1. The predicted molar refractivity (Wildman–Crippen MR) is 103 cm³/mol. The van der Waals surface area contributed by atoms with Crippen molar-refractivity contribution in [1.29, 1.82) is 0 Å². The van der Waals surface area contributed by atoms with Crippen LogP contribution in [0.1, 0.15) is 36.8 Å². The van der Waals surface area contributed by atoms with Gasteiger partial charge in [0.15, 0.2) is 0 Å². The van der Waals surface area contributed by atoms with E-state index < -0.39 is 0 Å². The number of aliphatic imine (C=N–C) groups is 1. The molecule has 132 valence electrons. The molecular weight excluding hydrogens is 338 g/mol. The van der Waals surface area contributed by atoms with Gasteiger partial charge in [0.1, 0.15) is 5.16 Å². The van der Waals surface area contributed by atoms with E-state index in [9.17, 15) is 4.79 Å². The number of aromatic nitrogens is 2. The van der Waals surface area contributed by atoms with Gasteiger partial charge in [0.2, 0.25) is 0 Å². The zero-order chi connectivity index (χ0) is 18.8. The van der Waals surface area contributed by atoms with Gasteiger partial charge in [-0.3, -0.25) is 4.99 Å². The van der Waals surface area contributed by atoms with Crippen molar-refractivity contribution in [3.63, 3.8) is 0 Å². The highest BCUT2D eigenvalue weighted by molar-refractivity contribution is 6.30. The molecule has 1 aromatic heterocycles. The lowest BCUT2D eigenvalue weighted by atomic mass is 10.1. The van der Waals surface area contributed by atoms with E-state index >= 15 is 0 Å². The molecule has 1 heterocycles. The Morgan fingerprint density at radius 3 is 2.76 bits per heavy atom. The van der Waals surface area contributed by atoms with Gasteiger partial charge >= 0.3 is 5.97 Å². The fourth-order valence-corrected chi connectivity index (χ4v) is 2.13. The van der Waals surface area contributed by atoms with Gasteiger partial charge in [-0.15, -0.1) is 0 Å². The van der Waals surface area contributed by atoms with Gasteiger partial charge in [-0.25, -0.2) is 9.48 Å². The first-order chi connectivity index (χ1) is 12.1. The van der Waals surface area contributed by atoms with Crippen LogP contribution in [0, 0.1) is 0 Å². The molecule has 0 aliphatic rings. The molecule has 5 nitrogen and oxygen atoms in total. The maximum absolute atomic E-state index is 11.9. The van der Waals surface area contributed by atoms with Crippen LogP contribution in [-0.2, 0) is 4.74 Å². The fraction of sp³-hybridized carbons (Fsp3) is 0.211. The maximum Gasteiger partial charge on any atom is 0.338 e. The van der Waals surface area contributed by atoms with Crippen molar-refractivity contribution in [2.75, 3.05) is 6.61 Å². The summed E-state index contributed by atoms with van der Waals surface area (Å²) in [5.74, 6) is -0.374. The number of rotatable bonds is 6. The Labute approximate surface area is 153 Å². The summed E-state index contributed by atoms with van der Waals surface area (Å²) in [4.78, 5) is 15.5. The SMILES string of the molecule is C=N/C(Cl)=C\C(=C)c1ccnn1-c1cccc(C(=O)OCC)c1.CC. The lowest BCUT2D eigenvalue weighted by Gasteiger charge is -2.09. The third-order valence-corrected chi connectivity index (χ3v) is 3.25. The molecule has 25 heavy (non-hydrogen) atoms. The summed E-state index contributed by atoms with van der Waals surface area (Å²) < 4.78 is 6.67. The van der Waals surface area contributed by atoms with Gasteiger partial charge < -0.3 is 4.74 Å². The van der Waals surface area contributed by atoms with Crippen molar-refractivity contribution in [2.45, 2.75) is 20.8 Å². The van der Waals surface area contributed by atoms with Gasteiger partial charge in [-0.1, -0.05) is 38.1 Å². The van der Waals surface area contributed by atoms with E-state index in [1.165, 1.54) is 0 Å². The average Bonchev–Trinajstić information content (AvgIpc) is 3.13. The lowest BCUT2D eigenvalue weighted by Crippen LogP contribution is -2.07.